The molecular formula is C10H9F6N. The quantitative estimate of drug-likeness (QED) is 0.828. The first-order chi connectivity index (χ1) is 7.64. The Labute approximate surface area is 93.2 Å². The SMILES string of the molecule is NCC(F)(F)Cc1cc(F)cc(C(F)(F)F)c1. The second-order valence-electron chi connectivity index (χ2n) is 3.58. The van der Waals surface area contributed by atoms with Gasteiger partial charge in [-0.1, -0.05) is 0 Å². The molecule has 0 aromatic heterocycles. The van der Waals surface area contributed by atoms with Crippen LogP contribution in [0.15, 0.2) is 18.2 Å². The maximum atomic E-state index is 12.9. The van der Waals surface area contributed by atoms with Gasteiger partial charge in [0, 0.05) is 6.42 Å². The maximum Gasteiger partial charge on any atom is 0.416 e. The summed E-state index contributed by atoms with van der Waals surface area (Å²) in [7, 11) is 0. The average Bonchev–Trinajstić information content (AvgIpc) is 2.14. The zero-order valence-corrected chi connectivity index (χ0v) is 8.49. The normalized spacial score (nSPS) is 12.9. The van der Waals surface area contributed by atoms with Crippen molar-refractivity contribution >= 4 is 0 Å². The third-order valence-electron chi connectivity index (χ3n) is 2.05. The molecule has 0 heterocycles. The van der Waals surface area contributed by atoms with Crippen molar-refractivity contribution in [2.45, 2.75) is 18.5 Å². The molecule has 0 spiro atoms. The van der Waals surface area contributed by atoms with Gasteiger partial charge in [-0.05, 0) is 23.8 Å². The molecule has 0 aliphatic rings. The van der Waals surface area contributed by atoms with Crippen molar-refractivity contribution in [1.82, 2.24) is 0 Å². The Morgan fingerprint density at radius 3 is 2.06 bits per heavy atom. The van der Waals surface area contributed by atoms with Gasteiger partial charge in [0.15, 0.2) is 0 Å². The van der Waals surface area contributed by atoms with Crippen molar-refractivity contribution in [3.63, 3.8) is 0 Å². The van der Waals surface area contributed by atoms with Crippen LogP contribution in [0.4, 0.5) is 26.3 Å². The molecule has 1 nitrogen and oxygen atoms in total. The summed E-state index contributed by atoms with van der Waals surface area (Å²) >= 11 is 0. The van der Waals surface area contributed by atoms with Crippen molar-refractivity contribution in [1.29, 1.82) is 0 Å². The number of benzene rings is 1. The predicted octanol–water partition coefficient (Wildman–Crippen LogP) is 2.98. The minimum Gasteiger partial charge on any atom is -0.325 e. The molecule has 1 aromatic carbocycles. The Morgan fingerprint density at radius 1 is 1.00 bits per heavy atom. The second-order valence-corrected chi connectivity index (χ2v) is 3.58. The minimum atomic E-state index is -4.77. The van der Waals surface area contributed by atoms with Gasteiger partial charge in [0.25, 0.3) is 5.92 Å². The van der Waals surface area contributed by atoms with Crippen LogP contribution < -0.4 is 5.73 Å². The smallest absolute Gasteiger partial charge is 0.325 e. The third-order valence-corrected chi connectivity index (χ3v) is 2.05. The molecule has 0 unspecified atom stereocenters. The number of rotatable bonds is 3. The van der Waals surface area contributed by atoms with Crippen LogP contribution in [0.3, 0.4) is 0 Å². The van der Waals surface area contributed by atoms with Gasteiger partial charge in [-0.2, -0.15) is 13.2 Å². The summed E-state index contributed by atoms with van der Waals surface area (Å²) in [5, 5.41) is 0. The highest BCUT2D eigenvalue weighted by Gasteiger charge is 2.33. The van der Waals surface area contributed by atoms with E-state index in [1.165, 1.54) is 0 Å². The third kappa shape index (κ3) is 3.92. The van der Waals surface area contributed by atoms with Gasteiger partial charge in [0.05, 0.1) is 12.1 Å². The standard InChI is InChI=1S/C10H9F6N/c11-8-2-6(4-9(12,13)5-17)1-7(3-8)10(14,15)16/h1-3H,4-5,17H2. The van der Waals surface area contributed by atoms with Crippen LogP contribution in [-0.4, -0.2) is 12.5 Å². The Hall–Kier alpha value is -1.24. The van der Waals surface area contributed by atoms with E-state index in [1.54, 1.807) is 0 Å². The number of halogens is 6. The maximum absolute atomic E-state index is 12.9. The van der Waals surface area contributed by atoms with Gasteiger partial charge in [0.1, 0.15) is 5.82 Å². The molecule has 0 amide bonds. The van der Waals surface area contributed by atoms with E-state index >= 15 is 0 Å². The molecule has 96 valence electrons. The van der Waals surface area contributed by atoms with Gasteiger partial charge in [-0.3, -0.25) is 0 Å². The molecule has 0 aliphatic carbocycles. The Bertz CT molecular complexity index is 398. The lowest BCUT2D eigenvalue weighted by Crippen LogP contribution is -2.30. The molecule has 2 N–H and O–H groups in total. The molecule has 0 saturated carbocycles. The van der Waals surface area contributed by atoms with Crippen LogP contribution in [0, 0.1) is 5.82 Å². The molecule has 1 aromatic rings. The number of hydrogen-bond donors (Lipinski definition) is 1. The lowest BCUT2D eigenvalue weighted by molar-refractivity contribution is -0.137. The molecule has 0 bridgehead atoms. The van der Waals surface area contributed by atoms with E-state index < -0.39 is 42.0 Å². The fraction of sp³-hybridized carbons (Fsp3) is 0.400. The van der Waals surface area contributed by atoms with Crippen LogP contribution in [0.25, 0.3) is 0 Å². The van der Waals surface area contributed by atoms with Gasteiger partial charge in [0.2, 0.25) is 0 Å². The van der Waals surface area contributed by atoms with Gasteiger partial charge in [-0.15, -0.1) is 0 Å². The predicted molar refractivity (Wildman–Crippen MR) is 49.1 cm³/mol. The first-order valence-electron chi connectivity index (χ1n) is 4.58. The molecule has 17 heavy (non-hydrogen) atoms. The second kappa shape index (κ2) is 4.56. The van der Waals surface area contributed by atoms with Crippen molar-refractivity contribution in [2.24, 2.45) is 5.73 Å². The summed E-state index contributed by atoms with van der Waals surface area (Å²) in [5.74, 6) is -4.56. The lowest BCUT2D eigenvalue weighted by atomic mass is 10.0. The first kappa shape index (κ1) is 13.8. The summed E-state index contributed by atoms with van der Waals surface area (Å²) in [4.78, 5) is 0. The summed E-state index contributed by atoms with van der Waals surface area (Å²) in [5.41, 5.74) is 3.02. The zero-order valence-electron chi connectivity index (χ0n) is 8.49. The molecule has 0 aliphatic heterocycles. The largest absolute Gasteiger partial charge is 0.416 e. The molecule has 1 rings (SSSR count). The molecule has 0 saturated heterocycles. The fourth-order valence-electron chi connectivity index (χ4n) is 1.29. The van der Waals surface area contributed by atoms with Crippen LogP contribution in [0.2, 0.25) is 0 Å². The Balaban J connectivity index is 3.06. The highest BCUT2D eigenvalue weighted by Crippen LogP contribution is 2.31. The molecule has 7 heteroatoms. The Kier molecular flexibility index (Phi) is 3.71. The molecule has 0 radical (unpaired) electrons. The number of alkyl halides is 5. The van der Waals surface area contributed by atoms with E-state index in [0.717, 1.165) is 0 Å². The van der Waals surface area contributed by atoms with Gasteiger partial charge < -0.3 is 5.73 Å². The topological polar surface area (TPSA) is 26.0 Å². The Morgan fingerprint density at radius 2 is 1.59 bits per heavy atom. The average molecular weight is 257 g/mol. The van der Waals surface area contributed by atoms with E-state index in [9.17, 15) is 26.3 Å². The fourth-order valence-corrected chi connectivity index (χ4v) is 1.29. The highest BCUT2D eigenvalue weighted by atomic mass is 19.4. The van der Waals surface area contributed by atoms with Gasteiger partial charge in [-0.25, -0.2) is 13.2 Å². The van der Waals surface area contributed by atoms with Crippen molar-refractivity contribution < 1.29 is 26.3 Å². The number of nitrogens with two attached hydrogens (primary N) is 1. The zero-order chi connectivity index (χ0) is 13.3. The minimum absolute atomic E-state index is 0.254. The van der Waals surface area contributed by atoms with E-state index in [0.29, 0.717) is 12.1 Å². The van der Waals surface area contributed by atoms with Crippen molar-refractivity contribution in [3.05, 3.63) is 35.1 Å². The van der Waals surface area contributed by atoms with Crippen LogP contribution in [-0.2, 0) is 12.6 Å². The van der Waals surface area contributed by atoms with Crippen molar-refractivity contribution in [2.75, 3.05) is 6.54 Å². The first-order valence-corrected chi connectivity index (χ1v) is 4.58. The molecule has 0 atom stereocenters. The van der Waals surface area contributed by atoms with Crippen LogP contribution >= 0.6 is 0 Å². The summed E-state index contributed by atoms with van der Waals surface area (Å²) in [6.07, 6.45) is -5.79. The van der Waals surface area contributed by atoms with Crippen LogP contribution in [0.5, 0.6) is 0 Å². The van der Waals surface area contributed by atoms with E-state index in [-0.39, 0.29) is 6.07 Å². The summed E-state index contributed by atoms with van der Waals surface area (Å²) in [6, 6.07) is 1.38. The molecular weight excluding hydrogens is 248 g/mol. The summed E-state index contributed by atoms with van der Waals surface area (Å²) < 4.78 is 75.5. The lowest BCUT2D eigenvalue weighted by Gasteiger charge is -2.15. The summed E-state index contributed by atoms with van der Waals surface area (Å²) in [6.45, 7) is -1.01. The number of hydrogen-bond acceptors (Lipinski definition) is 1. The highest BCUT2D eigenvalue weighted by molar-refractivity contribution is 5.27. The van der Waals surface area contributed by atoms with Crippen LogP contribution in [0.1, 0.15) is 11.1 Å². The monoisotopic (exact) mass is 257 g/mol. The van der Waals surface area contributed by atoms with E-state index in [2.05, 4.69) is 0 Å². The van der Waals surface area contributed by atoms with E-state index in [1.807, 2.05) is 0 Å². The van der Waals surface area contributed by atoms with E-state index in [4.69, 9.17) is 5.73 Å². The van der Waals surface area contributed by atoms with Gasteiger partial charge >= 0.3 is 6.18 Å². The van der Waals surface area contributed by atoms with Crippen molar-refractivity contribution in [3.8, 4) is 0 Å². The molecule has 0 fully saturated rings.